The van der Waals surface area contributed by atoms with Crippen LogP contribution in [0.3, 0.4) is 0 Å². The van der Waals surface area contributed by atoms with Crippen LogP contribution in [0.25, 0.3) is 16.6 Å². The van der Waals surface area contributed by atoms with Gasteiger partial charge in [-0.25, -0.2) is 0 Å². The van der Waals surface area contributed by atoms with E-state index < -0.39 is 5.91 Å². The molecule has 0 aliphatic carbocycles. The molecule has 0 saturated carbocycles. The van der Waals surface area contributed by atoms with Gasteiger partial charge in [-0.05, 0) is 24.3 Å². The zero-order chi connectivity index (χ0) is 17.4. The van der Waals surface area contributed by atoms with E-state index in [2.05, 4.69) is 20.5 Å². The zero-order valence-electron chi connectivity index (χ0n) is 12.9. The molecule has 3 aromatic heterocycles. The van der Waals surface area contributed by atoms with Crippen molar-refractivity contribution in [3.8, 4) is 0 Å². The Morgan fingerprint density at radius 3 is 2.96 bits per heavy atom. The molecule has 0 fully saturated rings. The Morgan fingerprint density at radius 2 is 2.08 bits per heavy atom. The van der Waals surface area contributed by atoms with Gasteiger partial charge in [0.1, 0.15) is 5.56 Å². The number of carbonyl (C=O) groups excluding carboxylic acids is 1. The highest BCUT2D eigenvalue weighted by Crippen LogP contribution is 2.18. The lowest BCUT2D eigenvalue weighted by Crippen LogP contribution is -2.29. The molecule has 4 rings (SSSR count). The molecule has 4 aromatic rings. The molecular weight excluding hydrogens is 342 g/mol. The minimum atomic E-state index is -0.490. The molecule has 0 aliphatic rings. The third kappa shape index (κ3) is 2.64. The summed E-state index contributed by atoms with van der Waals surface area (Å²) in [6.07, 6.45) is 3.18. The molecule has 0 spiro atoms. The van der Waals surface area contributed by atoms with Gasteiger partial charge >= 0.3 is 0 Å². The van der Waals surface area contributed by atoms with Crippen molar-refractivity contribution >= 4 is 34.1 Å². The first-order chi connectivity index (χ1) is 12.1. The van der Waals surface area contributed by atoms with E-state index in [1.54, 1.807) is 22.6 Å². The second-order valence-corrected chi connectivity index (χ2v) is 5.83. The highest BCUT2D eigenvalue weighted by atomic mass is 35.5. The highest BCUT2D eigenvalue weighted by molar-refractivity contribution is 6.35. The molecule has 25 heavy (non-hydrogen) atoms. The molecule has 7 nitrogen and oxygen atoms in total. The molecule has 0 radical (unpaired) electrons. The van der Waals surface area contributed by atoms with Crippen LogP contribution in [0, 0.1) is 0 Å². The second-order valence-electron chi connectivity index (χ2n) is 5.42. The number of nitrogens with one attached hydrogen (secondary N) is 2. The summed E-state index contributed by atoms with van der Waals surface area (Å²) in [7, 11) is 0. The summed E-state index contributed by atoms with van der Waals surface area (Å²) >= 11 is 6.06. The van der Waals surface area contributed by atoms with E-state index in [-0.39, 0.29) is 17.5 Å². The van der Waals surface area contributed by atoms with E-state index in [0.29, 0.717) is 27.4 Å². The molecule has 0 bridgehead atoms. The second kappa shape index (κ2) is 6.03. The molecule has 0 saturated heterocycles. The van der Waals surface area contributed by atoms with Crippen LogP contribution in [0.5, 0.6) is 0 Å². The van der Waals surface area contributed by atoms with E-state index in [1.807, 2.05) is 24.4 Å². The number of H-pyrrole nitrogens is 1. The number of fused-ring (bicyclic) bond motifs is 2. The molecule has 0 atom stereocenters. The predicted molar refractivity (Wildman–Crippen MR) is 93.7 cm³/mol. The number of aromatic amines is 1. The van der Waals surface area contributed by atoms with Crippen LogP contribution in [0.15, 0.2) is 53.6 Å². The fraction of sp³-hybridized carbons (Fsp3) is 0.0588. The first kappa shape index (κ1) is 15.3. The van der Waals surface area contributed by atoms with Gasteiger partial charge in [-0.1, -0.05) is 23.7 Å². The van der Waals surface area contributed by atoms with Gasteiger partial charge in [-0.2, -0.15) is 0 Å². The standard InChI is InChI=1S/C17H12ClN5O2/c18-12-5-3-4-10-15(12)19-8-11(16(10)24)17(25)20-9-14-22-21-13-6-1-2-7-23(13)14/h1-8H,9H2,(H,19,24)(H,20,25). The summed E-state index contributed by atoms with van der Waals surface area (Å²) in [6.45, 7) is 0.150. The summed E-state index contributed by atoms with van der Waals surface area (Å²) < 4.78 is 1.77. The molecule has 0 unspecified atom stereocenters. The van der Waals surface area contributed by atoms with E-state index >= 15 is 0 Å². The Bertz CT molecular complexity index is 1160. The van der Waals surface area contributed by atoms with Crippen molar-refractivity contribution in [3.63, 3.8) is 0 Å². The number of carbonyl (C=O) groups is 1. The van der Waals surface area contributed by atoms with Crippen molar-refractivity contribution < 1.29 is 4.79 Å². The smallest absolute Gasteiger partial charge is 0.257 e. The number of halogens is 1. The van der Waals surface area contributed by atoms with Crippen molar-refractivity contribution in [2.45, 2.75) is 6.54 Å². The molecule has 0 aliphatic heterocycles. The molecule has 124 valence electrons. The number of pyridine rings is 2. The number of amides is 1. The van der Waals surface area contributed by atoms with Gasteiger partial charge in [-0.3, -0.25) is 14.0 Å². The third-order valence-corrected chi connectivity index (χ3v) is 4.21. The van der Waals surface area contributed by atoms with E-state index in [1.165, 1.54) is 6.20 Å². The topological polar surface area (TPSA) is 92.2 Å². The minimum absolute atomic E-state index is 0.0172. The van der Waals surface area contributed by atoms with Crippen molar-refractivity contribution in [3.05, 3.63) is 75.4 Å². The molecular formula is C17H12ClN5O2. The van der Waals surface area contributed by atoms with Crippen LogP contribution in [0.1, 0.15) is 16.2 Å². The van der Waals surface area contributed by atoms with Crippen LogP contribution in [-0.4, -0.2) is 25.5 Å². The maximum Gasteiger partial charge on any atom is 0.257 e. The van der Waals surface area contributed by atoms with Crippen LogP contribution < -0.4 is 10.7 Å². The van der Waals surface area contributed by atoms with Crippen molar-refractivity contribution in [1.82, 2.24) is 24.9 Å². The summed E-state index contributed by atoms with van der Waals surface area (Å²) in [5.74, 6) is 0.0834. The van der Waals surface area contributed by atoms with Crippen LogP contribution in [-0.2, 0) is 6.54 Å². The van der Waals surface area contributed by atoms with Crippen LogP contribution in [0.2, 0.25) is 5.02 Å². The van der Waals surface area contributed by atoms with Gasteiger partial charge in [-0.15, -0.1) is 10.2 Å². The average molecular weight is 354 g/mol. The summed E-state index contributed by atoms with van der Waals surface area (Å²) in [5.41, 5.74) is 0.836. The third-order valence-electron chi connectivity index (χ3n) is 3.90. The summed E-state index contributed by atoms with van der Waals surface area (Å²) in [6, 6.07) is 10.5. The van der Waals surface area contributed by atoms with E-state index in [0.717, 1.165) is 0 Å². The molecule has 8 heteroatoms. The van der Waals surface area contributed by atoms with Crippen molar-refractivity contribution in [1.29, 1.82) is 0 Å². The number of para-hydroxylation sites is 1. The number of benzene rings is 1. The number of aromatic nitrogens is 4. The van der Waals surface area contributed by atoms with Crippen LogP contribution >= 0.6 is 11.6 Å². The fourth-order valence-corrected chi connectivity index (χ4v) is 2.88. The Hall–Kier alpha value is -3.19. The lowest BCUT2D eigenvalue weighted by molar-refractivity contribution is 0.0948. The zero-order valence-corrected chi connectivity index (χ0v) is 13.6. The molecule has 1 amide bonds. The quantitative estimate of drug-likeness (QED) is 0.590. The summed E-state index contributed by atoms with van der Waals surface area (Å²) in [4.78, 5) is 27.8. The van der Waals surface area contributed by atoms with E-state index in [9.17, 15) is 9.59 Å². The SMILES string of the molecule is O=C(NCc1nnc2ccccn12)c1c[nH]c2c(Cl)cccc2c1=O. The van der Waals surface area contributed by atoms with Gasteiger partial charge < -0.3 is 10.3 Å². The normalized spacial score (nSPS) is 11.1. The largest absolute Gasteiger partial charge is 0.359 e. The average Bonchev–Trinajstić information content (AvgIpc) is 3.04. The van der Waals surface area contributed by atoms with Crippen LogP contribution in [0.4, 0.5) is 0 Å². The van der Waals surface area contributed by atoms with Gasteiger partial charge in [0.05, 0.1) is 17.1 Å². The van der Waals surface area contributed by atoms with Gasteiger partial charge in [0, 0.05) is 17.8 Å². The highest BCUT2D eigenvalue weighted by Gasteiger charge is 2.15. The maximum absolute atomic E-state index is 12.5. The fourth-order valence-electron chi connectivity index (χ4n) is 2.65. The Balaban J connectivity index is 1.62. The number of rotatable bonds is 3. The lowest BCUT2D eigenvalue weighted by atomic mass is 10.1. The number of nitrogens with zero attached hydrogens (tertiary/aromatic N) is 3. The molecule has 1 aromatic carbocycles. The first-order valence-corrected chi connectivity index (χ1v) is 7.89. The Kier molecular flexibility index (Phi) is 3.70. The molecule has 3 heterocycles. The van der Waals surface area contributed by atoms with Gasteiger partial charge in [0.15, 0.2) is 11.5 Å². The number of hydrogen-bond acceptors (Lipinski definition) is 4. The van der Waals surface area contributed by atoms with Gasteiger partial charge in [0.25, 0.3) is 5.91 Å². The van der Waals surface area contributed by atoms with Crippen molar-refractivity contribution in [2.75, 3.05) is 0 Å². The molecule has 2 N–H and O–H groups in total. The monoisotopic (exact) mass is 353 g/mol. The van der Waals surface area contributed by atoms with E-state index in [4.69, 9.17) is 11.6 Å². The lowest BCUT2D eigenvalue weighted by Gasteiger charge is -2.06. The van der Waals surface area contributed by atoms with Crippen molar-refractivity contribution in [2.24, 2.45) is 0 Å². The first-order valence-electron chi connectivity index (χ1n) is 7.52. The summed E-state index contributed by atoms with van der Waals surface area (Å²) in [5, 5.41) is 11.6. The maximum atomic E-state index is 12.5. The Labute approximate surface area is 146 Å². The Morgan fingerprint density at radius 1 is 1.20 bits per heavy atom. The number of hydrogen-bond donors (Lipinski definition) is 2. The van der Waals surface area contributed by atoms with Gasteiger partial charge in [0.2, 0.25) is 5.43 Å². The minimum Gasteiger partial charge on any atom is -0.359 e. The predicted octanol–water partition coefficient (Wildman–Crippen LogP) is 2.15.